The first-order valence-corrected chi connectivity index (χ1v) is 13.6. The maximum Gasteiger partial charge on any atom is 0.266 e. The smallest absolute Gasteiger partial charge is 0.266 e. The van der Waals surface area contributed by atoms with Gasteiger partial charge in [0.25, 0.3) is 11.5 Å². The molecule has 0 aliphatic carbocycles. The van der Waals surface area contributed by atoms with E-state index in [0.29, 0.717) is 50.7 Å². The van der Waals surface area contributed by atoms with Crippen LogP contribution in [-0.4, -0.2) is 47.7 Å². The third kappa shape index (κ3) is 6.09. The van der Waals surface area contributed by atoms with Gasteiger partial charge in [0.15, 0.2) is 6.61 Å². The van der Waals surface area contributed by atoms with E-state index in [2.05, 4.69) is 22.9 Å². The van der Waals surface area contributed by atoms with E-state index in [9.17, 15) is 9.59 Å². The molecule has 0 saturated carbocycles. The fraction of sp³-hybridized carbons (Fsp3) is 0.300. The minimum atomic E-state index is -0.551. The molecule has 1 amide bonds. The maximum absolute atomic E-state index is 14.0. The highest BCUT2D eigenvalue weighted by molar-refractivity contribution is 9.10. The Kier molecular flexibility index (Phi) is 9.24. The lowest BCUT2D eigenvalue weighted by atomic mass is 10.1. The van der Waals surface area contributed by atoms with Gasteiger partial charge in [0.1, 0.15) is 23.1 Å². The number of para-hydroxylation sites is 2. The lowest BCUT2D eigenvalue weighted by Gasteiger charge is -2.31. The van der Waals surface area contributed by atoms with E-state index in [1.807, 2.05) is 43.3 Å². The average Bonchev–Trinajstić information content (AvgIpc) is 2.97. The molecule has 0 spiro atoms. The summed E-state index contributed by atoms with van der Waals surface area (Å²) in [6.45, 7) is 4.30. The van der Waals surface area contributed by atoms with Crippen molar-refractivity contribution in [2.45, 2.75) is 32.7 Å². The molecule has 0 saturated heterocycles. The van der Waals surface area contributed by atoms with Gasteiger partial charge in [-0.25, -0.2) is 4.98 Å². The van der Waals surface area contributed by atoms with E-state index in [-0.39, 0.29) is 18.1 Å². The van der Waals surface area contributed by atoms with Crippen LogP contribution in [0.5, 0.6) is 17.2 Å². The van der Waals surface area contributed by atoms with Crippen LogP contribution in [0.4, 0.5) is 0 Å². The standard InChI is InChI=1S/C30H32BrN3O5/c1-5-6-16-33(27(35)19-39-21-12-8-7-9-13-21)20(2)29-32-24-15-11-10-14-23(24)30(36)34(29)25-17-22(37-3)18-26(38-4)28(25)31/h7-15,17-18,20H,5-6,16,19H2,1-4H3. The summed E-state index contributed by atoms with van der Waals surface area (Å²) in [7, 11) is 3.10. The Morgan fingerprint density at radius 3 is 2.44 bits per heavy atom. The van der Waals surface area contributed by atoms with Gasteiger partial charge in [-0.3, -0.25) is 14.2 Å². The molecule has 1 aromatic heterocycles. The number of hydrogen-bond donors (Lipinski definition) is 0. The molecule has 0 radical (unpaired) electrons. The van der Waals surface area contributed by atoms with Gasteiger partial charge in [-0.15, -0.1) is 0 Å². The molecule has 0 fully saturated rings. The first-order valence-electron chi connectivity index (χ1n) is 12.8. The first kappa shape index (κ1) is 28.2. The number of methoxy groups -OCH3 is 2. The monoisotopic (exact) mass is 593 g/mol. The lowest BCUT2D eigenvalue weighted by Crippen LogP contribution is -2.40. The van der Waals surface area contributed by atoms with Crippen molar-refractivity contribution in [2.75, 3.05) is 27.4 Å². The van der Waals surface area contributed by atoms with Gasteiger partial charge in [-0.05, 0) is 53.5 Å². The highest BCUT2D eigenvalue weighted by Crippen LogP contribution is 2.37. The normalized spacial score (nSPS) is 11.7. The molecular formula is C30H32BrN3O5. The number of hydrogen-bond acceptors (Lipinski definition) is 6. The highest BCUT2D eigenvalue weighted by atomic mass is 79.9. The largest absolute Gasteiger partial charge is 0.497 e. The van der Waals surface area contributed by atoms with E-state index in [1.165, 1.54) is 4.57 Å². The highest BCUT2D eigenvalue weighted by Gasteiger charge is 2.28. The topological polar surface area (TPSA) is 82.9 Å². The molecule has 39 heavy (non-hydrogen) atoms. The van der Waals surface area contributed by atoms with Crippen molar-refractivity contribution in [3.8, 4) is 22.9 Å². The van der Waals surface area contributed by atoms with Crippen LogP contribution in [-0.2, 0) is 4.79 Å². The SMILES string of the molecule is CCCCN(C(=O)COc1ccccc1)C(C)c1nc2ccccc2c(=O)n1-c1cc(OC)cc(OC)c1Br. The lowest BCUT2D eigenvalue weighted by molar-refractivity contribution is -0.135. The van der Waals surface area contributed by atoms with Crippen molar-refractivity contribution >= 4 is 32.7 Å². The summed E-state index contributed by atoms with van der Waals surface area (Å²) in [6, 6.07) is 19.3. The second-order valence-electron chi connectivity index (χ2n) is 9.01. The Morgan fingerprint density at radius 2 is 1.74 bits per heavy atom. The van der Waals surface area contributed by atoms with Crippen LogP contribution in [0.25, 0.3) is 16.6 Å². The number of nitrogens with zero attached hydrogens (tertiary/aromatic N) is 3. The molecule has 204 valence electrons. The summed E-state index contributed by atoms with van der Waals surface area (Å²) >= 11 is 3.61. The minimum absolute atomic E-state index is 0.132. The molecule has 4 rings (SSSR count). The Balaban J connectivity index is 1.86. The third-order valence-electron chi connectivity index (χ3n) is 6.51. The van der Waals surface area contributed by atoms with E-state index >= 15 is 0 Å². The quantitative estimate of drug-likeness (QED) is 0.214. The zero-order chi connectivity index (χ0) is 27.9. The molecular weight excluding hydrogens is 562 g/mol. The molecule has 1 atom stereocenters. The summed E-state index contributed by atoms with van der Waals surface area (Å²) in [5, 5.41) is 0.459. The van der Waals surface area contributed by atoms with Gasteiger partial charge in [-0.2, -0.15) is 0 Å². The van der Waals surface area contributed by atoms with Crippen LogP contribution in [0.1, 0.15) is 38.6 Å². The number of fused-ring (bicyclic) bond motifs is 1. The molecule has 8 nitrogen and oxygen atoms in total. The number of halogens is 1. The van der Waals surface area contributed by atoms with Crippen molar-refractivity contribution in [1.29, 1.82) is 0 Å². The number of aromatic nitrogens is 2. The molecule has 1 heterocycles. The Hall–Kier alpha value is -3.85. The number of carbonyl (C=O) groups is 1. The number of unbranched alkanes of at least 4 members (excludes halogenated alkanes) is 1. The van der Waals surface area contributed by atoms with Crippen molar-refractivity contribution < 1.29 is 19.0 Å². The van der Waals surface area contributed by atoms with Crippen LogP contribution in [0.2, 0.25) is 0 Å². The molecule has 9 heteroatoms. The molecule has 0 aliphatic rings. The number of benzene rings is 3. The van der Waals surface area contributed by atoms with Crippen LogP contribution in [0.15, 0.2) is 76.0 Å². The summed E-state index contributed by atoms with van der Waals surface area (Å²) in [6.07, 6.45) is 1.68. The summed E-state index contributed by atoms with van der Waals surface area (Å²) in [4.78, 5) is 34.2. The van der Waals surface area contributed by atoms with Gasteiger partial charge in [-0.1, -0.05) is 43.7 Å². The average molecular weight is 595 g/mol. The van der Waals surface area contributed by atoms with Gasteiger partial charge in [0.2, 0.25) is 0 Å². The van der Waals surface area contributed by atoms with Crippen LogP contribution in [0, 0.1) is 0 Å². The van der Waals surface area contributed by atoms with Crippen LogP contribution in [0.3, 0.4) is 0 Å². The molecule has 0 bridgehead atoms. The minimum Gasteiger partial charge on any atom is -0.497 e. The summed E-state index contributed by atoms with van der Waals surface area (Å²) in [5.41, 5.74) is 0.789. The van der Waals surface area contributed by atoms with Gasteiger partial charge < -0.3 is 19.1 Å². The molecule has 3 aromatic carbocycles. The fourth-order valence-corrected chi connectivity index (χ4v) is 4.97. The zero-order valence-corrected chi connectivity index (χ0v) is 24.1. The predicted octanol–water partition coefficient (Wildman–Crippen LogP) is 5.93. The second kappa shape index (κ2) is 12.8. The van der Waals surface area contributed by atoms with E-state index in [4.69, 9.17) is 19.2 Å². The van der Waals surface area contributed by atoms with Crippen LogP contribution < -0.4 is 19.8 Å². The molecule has 4 aromatic rings. The fourth-order valence-electron chi connectivity index (χ4n) is 4.40. The van der Waals surface area contributed by atoms with E-state index in [1.54, 1.807) is 49.5 Å². The number of ether oxygens (including phenoxy) is 3. The zero-order valence-electron chi connectivity index (χ0n) is 22.5. The predicted molar refractivity (Wildman–Crippen MR) is 155 cm³/mol. The molecule has 1 unspecified atom stereocenters. The maximum atomic E-state index is 14.0. The van der Waals surface area contributed by atoms with Crippen molar-refractivity contribution in [1.82, 2.24) is 14.5 Å². The number of rotatable bonds is 11. The van der Waals surface area contributed by atoms with Crippen molar-refractivity contribution in [2.24, 2.45) is 0 Å². The second-order valence-corrected chi connectivity index (χ2v) is 9.80. The Morgan fingerprint density at radius 1 is 1.03 bits per heavy atom. The third-order valence-corrected chi connectivity index (χ3v) is 7.31. The summed E-state index contributed by atoms with van der Waals surface area (Å²) < 4.78 is 18.9. The van der Waals surface area contributed by atoms with Crippen LogP contribution >= 0.6 is 15.9 Å². The van der Waals surface area contributed by atoms with Gasteiger partial charge in [0, 0.05) is 18.7 Å². The van der Waals surface area contributed by atoms with Crippen molar-refractivity contribution in [3.63, 3.8) is 0 Å². The van der Waals surface area contributed by atoms with Gasteiger partial charge >= 0.3 is 0 Å². The van der Waals surface area contributed by atoms with Crippen molar-refractivity contribution in [3.05, 3.63) is 87.4 Å². The number of carbonyl (C=O) groups excluding carboxylic acids is 1. The van der Waals surface area contributed by atoms with E-state index in [0.717, 1.165) is 12.8 Å². The molecule has 0 N–H and O–H groups in total. The Labute approximate surface area is 236 Å². The van der Waals surface area contributed by atoms with Gasteiger partial charge in [0.05, 0.1) is 41.3 Å². The first-order chi connectivity index (χ1) is 18.9. The summed E-state index contributed by atoms with van der Waals surface area (Å²) in [5.74, 6) is 1.84. The number of amides is 1. The molecule has 0 aliphatic heterocycles. The Bertz CT molecular complexity index is 1510. The van der Waals surface area contributed by atoms with E-state index < -0.39 is 6.04 Å².